The minimum absolute atomic E-state index is 0.0249. The first-order chi connectivity index (χ1) is 7.49. The van der Waals surface area contributed by atoms with Gasteiger partial charge in [0, 0.05) is 6.54 Å². The van der Waals surface area contributed by atoms with Crippen LogP contribution in [0.15, 0.2) is 0 Å². The van der Waals surface area contributed by atoms with Gasteiger partial charge in [-0.2, -0.15) is 0 Å². The van der Waals surface area contributed by atoms with Crippen LogP contribution in [0, 0.1) is 11.3 Å². The van der Waals surface area contributed by atoms with Crippen molar-refractivity contribution in [3.63, 3.8) is 0 Å². The fourth-order valence-electron chi connectivity index (χ4n) is 2.34. The molecular weight excluding hydrogens is 200 g/mol. The van der Waals surface area contributed by atoms with Crippen LogP contribution in [0.5, 0.6) is 0 Å². The number of rotatable bonds is 7. The van der Waals surface area contributed by atoms with E-state index < -0.39 is 0 Å². The Morgan fingerprint density at radius 2 is 2.06 bits per heavy atom. The van der Waals surface area contributed by atoms with Crippen molar-refractivity contribution in [2.45, 2.75) is 58.9 Å². The molecule has 0 radical (unpaired) electrons. The lowest BCUT2D eigenvalue weighted by molar-refractivity contribution is -0.122. The molecule has 0 heterocycles. The van der Waals surface area contributed by atoms with E-state index in [1.807, 2.05) is 6.92 Å². The van der Waals surface area contributed by atoms with Crippen LogP contribution in [0.2, 0.25) is 0 Å². The monoisotopic (exact) mass is 226 g/mol. The minimum Gasteiger partial charge on any atom is -0.354 e. The number of nitrogens with two attached hydrogens (primary N) is 1. The average molecular weight is 226 g/mol. The standard InChI is InChI=1S/C13H26N2O/c1-4-5-11(14)12(16)15-9-13(6-7-13)8-10(2)3/h10-11H,4-9,14H2,1-3H3,(H,15,16). The first kappa shape index (κ1) is 13.5. The van der Waals surface area contributed by atoms with Crippen molar-refractivity contribution in [1.29, 1.82) is 0 Å². The highest BCUT2D eigenvalue weighted by Gasteiger charge is 2.42. The van der Waals surface area contributed by atoms with Gasteiger partial charge in [0.15, 0.2) is 0 Å². The quantitative estimate of drug-likeness (QED) is 0.698. The summed E-state index contributed by atoms with van der Waals surface area (Å²) in [6.45, 7) is 7.35. The molecule has 1 unspecified atom stereocenters. The van der Waals surface area contributed by atoms with Gasteiger partial charge in [0.2, 0.25) is 5.91 Å². The summed E-state index contributed by atoms with van der Waals surface area (Å²) in [6, 6.07) is -0.320. The van der Waals surface area contributed by atoms with Crippen molar-refractivity contribution in [3.8, 4) is 0 Å². The van der Waals surface area contributed by atoms with Crippen molar-refractivity contribution >= 4 is 5.91 Å². The lowest BCUT2D eigenvalue weighted by atomic mass is 9.94. The van der Waals surface area contributed by atoms with Crippen LogP contribution in [0.3, 0.4) is 0 Å². The van der Waals surface area contributed by atoms with Gasteiger partial charge in [0.25, 0.3) is 0 Å². The Balaban J connectivity index is 2.26. The molecule has 1 rings (SSSR count). The Kier molecular flexibility index (Phi) is 4.78. The number of carbonyl (C=O) groups is 1. The summed E-state index contributed by atoms with van der Waals surface area (Å²) < 4.78 is 0. The van der Waals surface area contributed by atoms with E-state index in [1.165, 1.54) is 19.3 Å². The van der Waals surface area contributed by atoms with Crippen LogP contribution in [0.25, 0.3) is 0 Å². The topological polar surface area (TPSA) is 55.1 Å². The molecule has 0 saturated heterocycles. The van der Waals surface area contributed by atoms with Crippen LogP contribution in [-0.4, -0.2) is 18.5 Å². The molecule has 0 aromatic heterocycles. The maximum Gasteiger partial charge on any atom is 0.236 e. The molecule has 0 aliphatic heterocycles. The highest BCUT2D eigenvalue weighted by Crippen LogP contribution is 2.49. The van der Waals surface area contributed by atoms with Crippen molar-refractivity contribution in [3.05, 3.63) is 0 Å². The van der Waals surface area contributed by atoms with Crippen LogP contribution in [0.1, 0.15) is 52.9 Å². The van der Waals surface area contributed by atoms with E-state index in [0.717, 1.165) is 19.4 Å². The summed E-state index contributed by atoms with van der Waals surface area (Å²) in [6.07, 6.45) is 5.48. The average Bonchev–Trinajstić information content (AvgIpc) is 2.94. The molecule has 3 nitrogen and oxygen atoms in total. The van der Waals surface area contributed by atoms with E-state index in [4.69, 9.17) is 5.73 Å². The smallest absolute Gasteiger partial charge is 0.236 e. The van der Waals surface area contributed by atoms with E-state index in [1.54, 1.807) is 0 Å². The molecule has 1 aliphatic carbocycles. The SMILES string of the molecule is CCCC(N)C(=O)NCC1(CC(C)C)CC1. The minimum atomic E-state index is -0.320. The van der Waals surface area contributed by atoms with Gasteiger partial charge in [-0.3, -0.25) is 4.79 Å². The van der Waals surface area contributed by atoms with E-state index in [9.17, 15) is 4.79 Å². The Morgan fingerprint density at radius 3 is 2.50 bits per heavy atom. The second-order valence-electron chi connectivity index (χ2n) is 5.71. The molecule has 0 spiro atoms. The van der Waals surface area contributed by atoms with Crippen LogP contribution in [-0.2, 0) is 4.79 Å². The Labute approximate surface area is 99.2 Å². The van der Waals surface area contributed by atoms with E-state index >= 15 is 0 Å². The molecular formula is C13H26N2O. The third-order valence-corrected chi connectivity index (χ3v) is 3.37. The fourth-order valence-corrected chi connectivity index (χ4v) is 2.34. The zero-order chi connectivity index (χ0) is 12.2. The molecule has 1 saturated carbocycles. The summed E-state index contributed by atoms with van der Waals surface area (Å²) >= 11 is 0. The van der Waals surface area contributed by atoms with Crippen molar-refractivity contribution in [2.75, 3.05) is 6.54 Å². The zero-order valence-corrected chi connectivity index (χ0v) is 10.9. The third kappa shape index (κ3) is 4.12. The van der Waals surface area contributed by atoms with Gasteiger partial charge in [0.05, 0.1) is 6.04 Å². The lowest BCUT2D eigenvalue weighted by Gasteiger charge is -2.19. The summed E-state index contributed by atoms with van der Waals surface area (Å²) in [5, 5.41) is 3.01. The molecule has 1 amide bonds. The van der Waals surface area contributed by atoms with Gasteiger partial charge in [0.1, 0.15) is 0 Å². The molecule has 94 valence electrons. The maximum absolute atomic E-state index is 11.7. The van der Waals surface area contributed by atoms with Gasteiger partial charge in [-0.15, -0.1) is 0 Å². The van der Waals surface area contributed by atoms with Gasteiger partial charge >= 0.3 is 0 Å². The third-order valence-electron chi connectivity index (χ3n) is 3.37. The summed E-state index contributed by atoms with van der Waals surface area (Å²) in [5.74, 6) is 0.737. The predicted molar refractivity (Wildman–Crippen MR) is 67.0 cm³/mol. The van der Waals surface area contributed by atoms with Crippen LogP contribution < -0.4 is 11.1 Å². The van der Waals surface area contributed by atoms with E-state index in [-0.39, 0.29) is 11.9 Å². The zero-order valence-electron chi connectivity index (χ0n) is 10.9. The van der Waals surface area contributed by atoms with Crippen molar-refractivity contribution in [2.24, 2.45) is 17.1 Å². The van der Waals surface area contributed by atoms with E-state index in [0.29, 0.717) is 11.3 Å². The Hall–Kier alpha value is -0.570. The highest BCUT2D eigenvalue weighted by molar-refractivity contribution is 5.81. The second kappa shape index (κ2) is 5.67. The molecule has 0 bridgehead atoms. The molecule has 1 aliphatic rings. The first-order valence-corrected chi connectivity index (χ1v) is 6.52. The van der Waals surface area contributed by atoms with Gasteiger partial charge in [-0.05, 0) is 37.0 Å². The highest BCUT2D eigenvalue weighted by atomic mass is 16.2. The number of hydrogen-bond acceptors (Lipinski definition) is 2. The number of amides is 1. The number of hydrogen-bond donors (Lipinski definition) is 2. The molecule has 16 heavy (non-hydrogen) atoms. The van der Waals surface area contributed by atoms with Crippen LogP contribution >= 0.6 is 0 Å². The van der Waals surface area contributed by atoms with Crippen molar-refractivity contribution < 1.29 is 4.79 Å². The molecule has 3 heteroatoms. The Morgan fingerprint density at radius 1 is 1.44 bits per heavy atom. The van der Waals surface area contributed by atoms with Gasteiger partial charge in [-0.1, -0.05) is 27.2 Å². The molecule has 1 fully saturated rings. The second-order valence-corrected chi connectivity index (χ2v) is 5.71. The van der Waals surface area contributed by atoms with Crippen LogP contribution in [0.4, 0.5) is 0 Å². The largest absolute Gasteiger partial charge is 0.354 e. The molecule has 0 aromatic rings. The maximum atomic E-state index is 11.7. The summed E-state index contributed by atoms with van der Waals surface area (Å²) in [4.78, 5) is 11.7. The molecule has 0 aromatic carbocycles. The molecule has 3 N–H and O–H groups in total. The normalized spacial score (nSPS) is 19.6. The van der Waals surface area contributed by atoms with Gasteiger partial charge in [-0.25, -0.2) is 0 Å². The summed E-state index contributed by atoms with van der Waals surface area (Å²) in [7, 11) is 0. The van der Waals surface area contributed by atoms with Gasteiger partial charge < -0.3 is 11.1 Å². The predicted octanol–water partition coefficient (Wildman–Crippen LogP) is 2.06. The van der Waals surface area contributed by atoms with E-state index in [2.05, 4.69) is 19.2 Å². The lowest BCUT2D eigenvalue weighted by Crippen LogP contribution is -2.42. The van der Waals surface area contributed by atoms with Crippen molar-refractivity contribution in [1.82, 2.24) is 5.32 Å². The first-order valence-electron chi connectivity index (χ1n) is 6.52. The molecule has 1 atom stereocenters. The summed E-state index contributed by atoms with van der Waals surface area (Å²) in [5.41, 5.74) is 6.17. The fraction of sp³-hybridized carbons (Fsp3) is 0.923. The number of carbonyl (C=O) groups excluding carboxylic acids is 1. The Bertz CT molecular complexity index is 234. The number of nitrogens with one attached hydrogen (secondary N) is 1.